The molecule has 0 saturated carbocycles. The van der Waals surface area contributed by atoms with Crippen molar-refractivity contribution in [1.82, 2.24) is 0 Å². The number of benzene rings is 1. The molecule has 0 aliphatic rings. The summed E-state index contributed by atoms with van der Waals surface area (Å²) in [5.74, 6) is 0.883. The van der Waals surface area contributed by atoms with E-state index in [2.05, 4.69) is 13.8 Å². The van der Waals surface area contributed by atoms with E-state index in [9.17, 15) is 5.11 Å². The van der Waals surface area contributed by atoms with Gasteiger partial charge in [-0.25, -0.2) is 0 Å². The van der Waals surface area contributed by atoms with Crippen molar-refractivity contribution in [3.05, 3.63) is 29.8 Å². The van der Waals surface area contributed by atoms with Gasteiger partial charge in [-0.1, -0.05) is 26.0 Å². The summed E-state index contributed by atoms with van der Waals surface area (Å²) in [4.78, 5) is 0. The maximum atomic E-state index is 9.35. The first-order valence-electron chi connectivity index (χ1n) is 5.62. The maximum absolute atomic E-state index is 9.35. The van der Waals surface area contributed by atoms with Crippen LogP contribution in [0.3, 0.4) is 0 Å². The van der Waals surface area contributed by atoms with Crippen molar-refractivity contribution < 1.29 is 9.84 Å². The van der Waals surface area contributed by atoms with E-state index >= 15 is 0 Å². The fraction of sp³-hybridized carbons (Fsp3) is 0.538. The molecule has 0 aliphatic carbocycles. The zero-order valence-corrected chi connectivity index (χ0v) is 9.73. The zero-order chi connectivity index (χ0) is 11.3. The average molecular weight is 208 g/mol. The summed E-state index contributed by atoms with van der Waals surface area (Å²) >= 11 is 0. The number of hydrogen-bond donors (Lipinski definition) is 1. The molecule has 1 rings (SSSR count). The lowest BCUT2D eigenvalue weighted by Crippen LogP contribution is -2.13. The molecular weight excluding hydrogens is 188 g/mol. The Hall–Kier alpha value is -1.02. The molecule has 0 amide bonds. The van der Waals surface area contributed by atoms with Crippen molar-refractivity contribution in [3.63, 3.8) is 0 Å². The highest BCUT2D eigenvalue weighted by Crippen LogP contribution is 2.19. The summed E-state index contributed by atoms with van der Waals surface area (Å²) in [6.45, 7) is 6.01. The topological polar surface area (TPSA) is 29.5 Å². The average Bonchev–Trinajstić information content (AvgIpc) is 2.26. The van der Waals surface area contributed by atoms with E-state index < -0.39 is 6.10 Å². The molecule has 0 fully saturated rings. The van der Waals surface area contributed by atoms with Crippen molar-refractivity contribution in [2.45, 2.75) is 45.8 Å². The minimum atomic E-state index is -0.410. The lowest BCUT2D eigenvalue weighted by Gasteiger charge is -2.16. The highest BCUT2D eigenvalue weighted by atomic mass is 16.5. The molecule has 0 aromatic heterocycles. The molecule has 1 N–H and O–H groups in total. The molecule has 0 spiro atoms. The first-order valence-corrected chi connectivity index (χ1v) is 5.62. The van der Waals surface area contributed by atoms with Crippen molar-refractivity contribution in [3.8, 4) is 5.75 Å². The van der Waals surface area contributed by atoms with Crippen LogP contribution in [0, 0.1) is 0 Å². The third-order valence-electron chi connectivity index (χ3n) is 2.58. The van der Waals surface area contributed by atoms with Crippen molar-refractivity contribution in [1.29, 1.82) is 0 Å². The molecule has 15 heavy (non-hydrogen) atoms. The SMILES string of the molecule is CCC(CC)Oc1ccc([C@@H](C)O)cc1. The number of rotatable bonds is 5. The molecule has 0 radical (unpaired) electrons. The second kappa shape index (κ2) is 5.76. The maximum Gasteiger partial charge on any atom is 0.119 e. The minimum absolute atomic E-state index is 0.294. The Bertz CT molecular complexity index is 273. The van der Waals surface area contributed by atoms with Crippen LogP contribution in [0.5, 0.6) is 5.75 Å². The predicted molar refractivity (Wildman–Crippen MR) is 62.1 cm³/mol. The van der Waals surface area contributed by atoms with Crippen LogP contribution in [-0.4, -0.2) is 11.2 Å². The Morgan fingerprint density at radius 1 is 1.13 bits per heavy atom. The van der Waals surface area contributed by atoms with Gasteiger partial charge in [0.2, 0.25) is 0 Å². The molecule has 0 heterocycles. The van der Waals surface area contributed by atoms with E-state index in [0.717, 1.165) is 24.2 Å². The van der Waals surface area contributed by atoms with Gasteiger partial charge in [0.15, 0.2) is 0 Å². The Morgan fingerprint density at radius 3 is 2.07 bits per heavy atom. The zero-order valence-electron chi connectivity index (χ0n) is 9.73. The van der Waals surface area contributed by atoms with Gasteiger partial charge in [0, 0.05) is 0 Å². The number of hydrogen-bond acceptors (Lipinski definition) is 2. The van der Waals surface area contributed by atoms with Crippen LogP contribution in [0.4, 0.5) is 0 Å². The van der Waals surface area contributed by atoms with E-state index in [1.807, 2.05) is 24.3 Å². The molecule has 2 heteroatoms. The van der Waals surface area contributed by atoms with Gasteiger partial charge in [-0.15, -0.1) is 0 Å². The highest BCUT2D eigenvalue weighted by Gasteiger charge is 2.05. The fourth-order valence-corrected chi connectivity index (χ4v) is 1.47. The molecule has 0 bridgehead atoms. The summed E-state index contributed by atoms with van der Waals surface area (Å²) < 4.78 is 5.77. The fourth-order valence-electron chi connectivity index (χ4n) is 1.47. The Morgan fingerprint density at radius 2 is 1.67 bits per heavy atom. The van der Waals surface area contributed by atoms with Gasteiger partial charge < -0.3 is 9.84 Å². The Balaban J connectivity index is 2.63. The molecule has 1 atom stereocenters. The van der Waals surface area contributed by atoms with Gasteiger partial charge in [0.05, 0.1) is 12.2 Å². The predicted octanol–water partition coefficient (Wildman–Crippen LogP) is 3.31. The summed E-state index contributed by atoms with van der Waals surface area (Å²) in [6, 6.07) is 7.64. The Kier molecular flexibility index (Phi) is 4.63. The van der Waals surface area contributed by atoms with E-state index in [-0.39, 0.29) is 0 Å². The van der Waals surface area contributed by atoms with Crippen LogP contribution < -0.4 is 4.74 Å². The van der Waals surface area contributed by atoms with E-state index in [1.54, 1.807) is 6.92 Å². The largest absolute Gasteiger partial charge is 0.490 e. The van der Waals surface area contributed by atoms with Crippen molar-refractivity contribution in [2.75, 3.05) is 0 Å². The molecule has 0 aliphatic heterocycles. The third-order valence-corrected chi connectivity index (χ3v) is 2.58. The molecule has 1 aromatic carbocycles. The van der Waals surface area contributed by atoms with Gasteiger partial charge >= 0.3 is 0 Å². The van der Waals surface area contributed by atoms with Gasteiger partial charge in [0.1, 0.15) is 5.75 Å². The highest BCUT2D eigenvalue weighted by molar-refractivity contribution is 5.28. The van der Waals surface area contributed by atoms with Crippen LogP contribution in [0.1, 0.15) is 45.3 Å². The quantitative estimate of drug-likeness (QED) is 0.804. The van der Waals surface area contributed by atoms with E-state index in [0.29, 0.717) is 6.10 Å². The molecule has 84 valence electrons. The molecule has 0 unspecified atom stereocenters. The van der Waals surface area contributed by atoms with Crippen LogP contribution >= 0.6 is 0 Å². The minimum Gasteiger partial charge on any atom is -0.490 e. The van der Waals surface area contributed by atoms with Crippen molar-refractivity contribution >= 4 is 0 Å². The first-order chi connectivity index (χ1) is 7.17. The van der Waals surface area contributed by atoms with Crippen molar-refractivity contribution in [2.24, 2.45) is 0 Å². The van der Waals surface area contributed by atoms with Crippen LogP contribution in [0.2, 0.25) is 0 Å². The molecule has 2 nitrogen and oxygen atoms in total. The molecular formula is C13H20O2. The van der Waals surface area contributed by atoms with Crippen LogP contribution in [0.15, 0.2) is 24.3 Å². The second-order valence-corrected chi connectivity index (χ2v) is 3.80. The van der Waals surface area contributed by atoms with E-state index in [4.69, 9.17) is 4.74 Å². The van der Waals surface area contributed by atoms with Crippen LogP contribution in [-0.2, 0) is 0 Å². The standard InChI is InChI=1S/C13H20O2/c1-4-12(5-2)15-13-8-6-11(7-9-13)10(3)14/h6-10,12,14H,4-5H2,1-3H3/t10-/m1/s1. The number of aliphatic hydroxyl groups is 1. The summed E-state index contributed by atoms with van der Waals surface area (Å²) in [5.41, 5.74) is 0.923. The smallest absolute Gasteiger partial charge is 0.119 e. The first kappa shape index (κ1) is 12.1. The lowest BCUT2D eigenvalue weighted by molar-refractivity contribution is 0.190. The van der Waals surface area contributed by atoms with Gasteiger partial charge in [-0.2, -0.15) is 0 Å². The summed E-state index contributed by atoms with van der Waals surface area (Å²) in [7, 11) is 0. The monoisotopic (exact) mass is 208 g/mol. The van der Waals surface area contributed by atoms with E-state index in [1.165, 1.54) is 0 Å². The normalized spacial score (nSPS) is 12.9. The second-order valence-electron chi connectivity index (χ2n) is 3.80. The van der Waals surface area contributed by atoms with Gasteiger partial charge in [0.25, 0.3) is 0 Å². The number of ether oxygens (including phenoxy) is 1. The van der Waals surface area contributed by atoms with Gasteiger partial charge in [-0.3, -0.25) is 0 Å². The third kappa shape index (κ3) is 3.56. The molecule has 0 saturated heterocycles. The summed E-state index contributed by atoms with van der Waals surface area (Å²) in [6.07, 6.45) is 1.93. The van der Waals surface area contributed by atoms with Gasteiger partial charge in [-0.05, 0) is 37.5 Å². The lowest BCUT2D eigenvalue weighted by atomic mass is 10.1. The Labute approximate surface area is 91.9 Å². The summed E-state index contributed by atoms with van der Waals surface area (Å²) in [5, 5.41) is 9.35. The number of aliphatic hydroxyl groups excluding tert-OH is 1. The van der Waals surface area contributed by atoms with Crippen LogP contribution in [0.25, 0.3) is 0 Å². The molecule has 1 aromatic rings.